The molecule has 182 valence electrons. The molecular formula is C23H26ClFN4O3S2. The Kier molecular flexibility index (Phi) is 7.25. The lowest BCUT2D eigenvalue weighted by atomic mass is 10.2. The van der Waals surface area contributed by atoms with Gasteiger partial charge in [0.15, 0.2) is 5.13 Å². The number of likely N-dealkylation sites (N-methyl/N-ethyl adjacent to an activating group) is 1. The number of carbonyl (C=O) groups is 1. The molecule has 0 saturated carbocycles. The summed E-state index contributed by atoms with van der Waals surface area (Å²) in [6.07, 6.45) is 0.973. The number of anilines is 1. The summed E-state index contributed by atoms with van der Waals surface area (Å²) in [6.45, 7) is 3.05. The summed E-state index contributed by atoms with van der Waals surface area (Å²) in [5.74, 6) is -0.832. The standard InChI is InChI=1S/C23H26ClFN4O3S2/c1-15-18(24)10-11-20-21(15)26-23(33-20)28(14-13-27(2)3)22(30)19-5-4-12-29(19)34(31,32)17-8-6-16(25)7-9-17/h6-11,19H,4-5,12-14H2,1-3H3. The van der Waals surface area contributed by atoms with Crippen molar-refractivity contribution >= 4 is 54.2 Å². The van der Waals surface area contributed by atoms with E-state index in [0.29, 0.717) is 36.1 Å². The number of aryl methyl sites for hydroxylation is 1. The van der Waals surface area contributed by atoms with E-state index in [4.69, 9.17) is 16.6 Å². The average Bonchev–Trinajstić information content (AvgIpc) is 3.45. The van der Waals surface area contributed by atoms with Gasteiger partial charge in [0.05, 0.1) is 15.1 Å². The van der Waals surface area contributed by atoms with E-state index in [1.165, 1.54) is 27.8 Å². The zero-order chi connectivity index (χ0) is 24.6. The molecule has 1 aliphatic rings. The number of thiazole rings is 1. The zero-order valence-corrected chi connectivity index (χ0v) is 21.6. The van der Waals surface area contributed by atoms with E-state index < -0.39 is 21.9 Å². The van der Waals surface area contributed by atoms with Crippen molar-refractivity contribution in [3.63, 3.8) is 0 Å². The molecule has 1 atom stereocenters. The van der Waals surface area contributed by atoms with Crippen LogP contribution in [0.5, 0.6) is 0 Å². The third-order valence-electron chi connectivity index (χ3n) is 5.91. The number of sulfonamides is 1. The van der Waals surface area contributed by atoms with Crippen LogP contribution in [0, 0.1) is 12.7 Å². The molecule has 7 nitrogen and oxygen atoms in total. The predicted octanol–water partition coefficient (Wildman–Crippen LogP) is 4.15. The van der Waals surface area contributed by atoms with Crippen LogP contribution in [0.3, 0.4) is 0 Å². The highest BCUT2D eigenvalue weighted by molar-refractivity contribution is 7.89. The van der Waals surface area contributed by atoms with Crippen LogP contribution < -0.4 is 4.90 Å². The van der Waals surface area contributed by atoms with Crippen molar-refractivity contribution in [3.05, 3.63) is 52.8 Å². The fourth-order valence-electron chi connectivity index (χ4n) is 4.00. The molecule has 1 fully saturated rings. The highest BCUT2D eigenvalue weighted by Gasteiger charge is 2.42. The molecule has 4 rings (SSSR count). The molecule has 11 heteroatoms. The minimum Gasteiger partial charge on any atom is -0.308 e. The maximum absolute atomic E-state index is 13.8. The molecule has 0 aliphatic carbocycles. The molecule has 1 aliphatic heterocycles. The van der Waals surface area contributed by atoms with E-state index in [1.54, 1.807) is 11.0 Å². The first-order valence-electron chi connectivity index (χ1n) is 10.9. The molecule has 2 aromatic carbocycles. The Morgan fingerprint density at radius 1 is 1.21 bits per heavy atom. The number of benzene rings is 2. The van der Waals surface area contributed by atoms with Gasteiger partial charge in [-0.1, -0.05) is 22.9 Å². The summed E-state index contributed by atoms with van der Waals surface area (Å²) in [5, 5.41) is 1.11. The minimum absolute atomic E-state index is 0.0290. The van der Waals surface area contributed by atoms with Crippen molar-refractivity contribution in [3.8, 4) is 0 Å². The first kappa shape index (κ1) is 25.0. The van der Waals surface area contributed by atoms with Crippen LogP contribution >= 0.6 is 22.9 Å². The molecular weight excluding hydrogens is 499 g/mol. The number of nitrogens with zero attached hydrogens (tertiary/aromatic N) is 4. The maximum Gasteiger partial charge on any atom is 0.247 e. The van der Waals surface area contributed by atoms with Crippen LogP contribution in [0.2, 0.25) is 5.02 Å². The molecule has 0 bridgehead atoms. The normalized spacial score (nSPS) is 17.1. The van der Waals surface area contributed by atoms with Gasteiger partial charge in [-0.05, 0) is 75.8 Å². The molecule has 1 aromatic heterocycles. The Morgan fingerprint density at radius 3 is 2.59 bits per heavy atom. The van der Waals surface area contributed by atoms with E-state index >= 15 is 0 Å². The number of carbonyl (C=O) groups excluding carboxylic acids is 1. The lowest BCUT2D eigenvalue weighted by Crippen LogP contribution is -2.49. The summed E-state index contributed by atoms with van der Waals surface area (Å²) in [7, 11) is -0.142. The number of amides is 1. The van der Waals surface area contributed by atoms with Gasteiger partial charge >= 0.3 is 0 Å². The largest absolute Gasteiger partial charge is 0.308 e. The molecule has 1 unspecified atom stereocenters. The third kappa shape index (κ3) is 4.83. The number of fused-ring (bicyclic) bond motifs is 1. The number of rotatable bonds is 7. The summed E-state index contributed by atoms with van der Waals surface area (Å²) < 4.78 is 42.1. The average molecular weight is 525 g/mol. The Labute approximate surface area is 207 Å². The van der Waals surface area contributed by atoms with Gasteiger partial charge in [0.25, 0.3) is 0 Å². The second kappa shape index (κ2) is 9.87. The minimum atomic E-state index is -3.96. The van der Waals surface area contributed by atoms with Gasteiger partial charge in [-0.25, -0.2) is 17.8 Å². The molecule has 0 radical (unpaired) electrons. The van der Waals surface area contributed by atoms with Gasteiger partial charge in [0, 0.05) is 24.7 Å². The number of aromatic nitrogens is 1. The molecule has 3 aromatic rings. The SMILES string of the molecule is Cc1c(Cl)ccc2sc(N(CCN(C)C)C(=O)C3CCCN3S(=O)(=O)c3ccc(F)cc3)nc12. The lowest BCUT2D eigenvalue weighted by molar-refractivity contribution is -0.121. The summed E-state index contributed by atoms with van der Waals surface area (Å²) in [4.78, 5) is 22.0. The van der Waals surface area contributed by atoms with Crippen molar-refractivity contribution < 1.29 is 17.6 Å². The first-order chi connectivity index (χ1) is 16.1. The quantitative estimate of drug-likeness (QED) is 0.464. The lowest BCUT2D eigenvalue weighted by Gasteiger charge is -2.29. The number of hydrogen-bond acceptors (Lipinski definition) is 6. The monoisotopic (exact) mass is 524 g/mol. The van der Waals surface area contributed by atoms with Crippen LogP contribution in [-0.4, -0.2) is 68.3 Å². The van der Waals surface area contributed by atoms with Crippen molar-refractivity contribution in [1.82, 2.24) is 14.2 Å². The van der Waals surface area contributed by atoms with Crippen molar-refractivity contribution in [2.75, 3.05) is 38.6 Å². The van der Waals surface area contributed by atoms with Crippen LogP contribution in [0.25, 0.3) is 10.2 Å². The first-order valence-corrected chi connectivity index (χ1v) is 13.5. The molecule has 1 saturated heterocycles. The summed E-state index contributed by atoms with van der Waals surface area (Å²) >= 11 is 7.64. The van der Waals surface area contributed by atoms with E-state index in [0.717, 1.165) is 27.9 Å². The van der Waals surface area contributed by atoms with Crippen LogP contribution in [0.4, 0.5) is 9.52 Å². The van der Waals surface area contributed by atoms with E-state index in [-0.39, 0.29) is 17.3 Å². The summed E-state index contributed by atoms with van der Waals surface area (Å²) in [6, 6.07) is 7.51. The van der Waals surface area contributed by atoms with Crippen molar-refractivity contribution in [2.45, 2.75) is 30.7 Å². The van der Waals surface area contributed by atoms with Crippen LogP contribution in [-0.2, 0) is 14.8 Å². The third-order valence-corrected chi connectivity index (χ3v) is 9.29. The smallest absolute Gasteiger partial charge is 0.247 e. The van der Waals surface area contributed by atoms with Gasteiger partial charge in [-0.3, -0.25) is 9.69 Å². The molecule has 0 spiro atoms. The summed E-state index contributed by atoms with van der Waals surface area (Å²) in [5.41, 5.74) is 1.57. The fraction of sp³-hybridized carbons (Fsp3) is 0.391. The zero-order valence-electron chi connectivity index (χ0n) is 19.2. The fourth-order valence-corrected chi connectivity index (χ4v) is 6.86. The second-order valence-corrected chi connectivity index (χ2v) is 11.8. The van der Waals surface area contributed by atoms with Gasteiger partial charge in [-0.15, -0.1) is 0 Å². The molecule has 1 amide bonds. The van der Waals surface area contributed by atoms with Crippen molar-refractivity contribution in [2.24, 2.45) is 0 Å². The second-order valence-electron chi connectivity index (χ2n) is 8.54. The van der Waals surface area contributed by atoms with Crippen molar-refractivity contribution in [1.29, 1.82) is 0 Å². The Morgan fingerprint density at radius 2 is 1.91 bits per heavy atom. The molecule has 2 heterocycles. The van der Waals surface area contributed by atoms with E-state index in [9.17, 15) is 17.6 Å². The van der Waals surface area contributed by atoms with Gasteiger partial charge in [-0.2, -0.15) is 4.31 Å². The van der Waals surface area contributed by atoms with E-state index in [1.807, 2.05) is 32.0 Å². The highest BCUT2D eigenvalue weighted by Crippen LogP contribution is 2.35. The Hall–Kier alpha value is -2.11. The van der Waals surface area contributed by atoms with Crippen LogP contribution in [0.15, 0.2) is 41.3 Å². The Balaban J connectivity index is 1.70. The topological polar surface area (TPSA) is 73.8 Å². The molecule has 34 heavy (non-hydrogen) atoms. The van der Waals surface area contributed by atoms with Gasteiger partial charge in [0.1, 0.15) is 11.9 Å². The maximum atomic E-state index is 13.8. The number of hydrogen-bond donors (Lipinski definition) is 0. The van der Waals surface area contributed by atoms with Gasteiger partial charge < -0.3 is 4.90 Å². The Bertz CT molecular complexity index is 1310. The van der Waals surface area contributed by atoms with Crippen LogP contribution in [0.1, 0.15) is 18.4 Å². The number of halogens is 2. The highest BCUT2D eigenvalue weighted by atomic mass is 35.5. The molecule has 0 N–H and O–H groups in total. The predicted molar refractivity (Wildman–Crippen MR) is 134 cm³/mol. The van der Waals surface area contributed by atoms with Gasteiger partial charge in [0.2, 0.25) is 15.9 Å². The van der Waals surface area contributed by atoms with E-state index in [2.05, 4.69) is 0 Å².